The molecule has 11 heteroatoms. The monoisotopic (exact) mass is 507 g/mol. The molecule has 4 heterocycles. The van der Waals surface area contributed by atoms with Crippen molar-refractivity contribution in [3.05, 3.63) is 10.6 Å². The van der Waals surface area contributed by atoms with Gasteiger partial charge in [-0.15, -0.1) is 11.8 Å². The van der Waals surface area contributed by atoms with Crippen molar-refractivity contribution >= 4 is 35.3 Å². The Bertz CT molecular complexity index is 918. The van der Waals surface area contributed by atoms with E-state index in [0.717, 1.165) is 12.8 Å². The molecule has 0 unspecified atom stereocenters. The number of likely N-dealkylation sites (tertiary alicyclic amines) is 1. The normalized spacial score (nSPS) is 32.0. The molecule has 5 N–H and O–H groups in total. The molecule has 3 saturated heterocycles. The average molecular weight is 508 g/mol. The number of amides is 2. The maximum atomic E-state index is 13.0. The van der Waals surface area contributed by atoms with Gasteiger partial charge in [-0.05, 0) is 32.2 Å². The number of β-lactam (4-membered cyclic amide) rings is 1. The minimum absolute atomic E-state index is 0.0429. The second-order valence-corrected chi connectivity index (χ2v) is 11.7. The SMILES string of the molecule is CNCC(=O)C[C@H](C)[C@H]1C(=O)N2C(C(=O)O)=C(S[C@@H]3CN[C@H](C(=O)N4CCC(N)CC4)C3)[C@H](C)[C@@H]12. The fraction of sp³-hybridized carbons (Fsp3) is 0.750. The summed E-state index contributed by atoms with van der Waals surface area (Å²) >= 11 is 1.49. The molecule has 35 heavy (non-hydrogen) atoms. The molecule has 0 aliphatic carbocycles. The summed E-state index contributed by atoms with van der Waals surface area (Å²) in [5.74, 6) is -1.82. The summed E-state index contributed by atoms with van der Waals surface area (Å²) in [4.78, 5) is 54.3. The number of nitrogens with zero attached hydrogens (tertiary/aromatic N) is 2. The smallest absolute Gasteiger partial charge is 0.353 e. The first-order valence-corrected chi connectivity index (χ1v) is 13.4. The van der Waals surface area contributed by atoms with Gasteiger partial charge in [0, 0.05) is 48.2 Å². The van der Waals surface area contributed by atoms with Gasteiger partial charge in [-0.25, -0.2) is 4.79 Å². The number of Topliss-reactive ketones (excluding diaryl/α,β-unsaturated/α-hetero) is 1. The van der Waals surface area contributed by atoms with Gasteiger partial charge in [-0.1, -0.05) is 13.8 Å². The van der Waals surface area contributed by atoms with Gasteiger partial charge < -0.3 is 31.3 Å². The van der Waals surface area contributed by atoms with Crippen LogP contribution in [0.2, 0.25) is 0 Å². The number of fused-ring (bicyclic) bond motifs is 1. The highest BCUT2D eigenvalue weighted by Gasteiger charge is 2.60. The molecule has 4 aliphatic heterocycles. The Kier molecular flexibility index (Phi) is 7.89. The highest BCUT2D eigenvalue weighted by molar-refractivity contribution is 8.03. The van der Waals surface area contributed by atoms with Gasteiger partial charge in [0.05, 0.1) is 24.5 Å². The summed E-state index contributed by atoms with van der Waals surface area (Å²) in [5, 5.41) is 16.2. The predicted octanol–water partition coefficient (Wildman–Crippen LogP) is -0.0126. The lowest BCUT2D eigenvalue weighted by molar-refractivity contribution is -0.160. The lowest BCUT2D eigenvalue weighted by Gasteiger charge is -2.47. The van der Waals surface area contributed by atoms with E-state index in [1.165, 1.54) is 16.7 Å². The van der Waals surface area contributed by atoms with Crippen LogP contribution >= 0.6 is 11.8 Å². The van der Waals surface area contributed by atoms with Crippen LogP contribution in [0.4, 0.5) is 0 Å². The molecule has 0 aromatic carbocycles. The van der Waals surface area contributed by atoms with E-state index in [1.54, 1.807) is 7.05 Å². The van der Waals surface area contributed by atoms with Crippen LogP contribution in [0.1, 0.15) is 39.5 Å². The zero-order valence-electron chi connectivity index (χ0n) is 20.7. The summed E-state index contributed by atoms with van der Waals surface area (Å²) in [6, 6.07) is -0.361. The number of thioether (sulfide) groups is 1. The van der Waals surface area contributed by atoms with Crippen LogP contribution in [0.5, 0.6) is 0 Å². The first kappa shape index (κ1) is 26.1. The Hall–Kier alpha value is -1.95. The Labute approximate surface area is 210 Å². The molecule has 3 fully saturated rings. The largest absolute Gasteiger partial charge is 0.477 e. The third-order valence-electron chi connectivity index (χ3n) is 7.86. The quantitative estimate of drug-likeness (QED) is 0.317. The molecule has 2 amide bonds. The maximum absolute atomic E-state index is 13.0. The molecule has 4 rings (SSSR count). The number of rotatable bonds is 9. The number of likely N-dealkylation sites (N-methyl/N-ethyl adjacent to an activating group) is 1. The molecule has 194 valence electrons. The van der Waals surface area contributed by atoms with Crippen LogP contribution in [0.25, 0.3) is 0 Å². The van der Waals surface area contributed by atoms with Crippen molar-refractivity contribution in [1.82, 2.24) is 20.4 Å². The number of ketones is 1. The number of hydrogen-bond acceptors (Lipinski definition) is 8. The summed E-state index contributed by atoms with van der Waals surface area (Å²) in [5.41, 5.74) is 6.03. The molecule has 0 radical (unpaired) electrons. The second-order valence-electron chi connectivity index (χ2n) is 10.4. The van der Waals surface area contributed by atoms with Crippen LogP contribution < -0.4 is 16.4 Å². The fourth-order valence-corrected chi connectivity index (χ4v) is 7.50. The number of carboxylic acid groups (broad SMARTS) is 1. The average Bonchev–Trinajstić information content (AvgIpc) is 3.36. The molecule has 0 aromatic rings. The number of piperidine rings is 1. The number of nitrogens with two attached hydrogens (primary N) is 1. The van der Waals surface area contributed by atoms with Gasteiger partial charge in [0.15, 0.2) is 0 Å². The van der Waals surface area contributed by atoms with Crippen LogP contribution in [0.15, 0.2) is 10.6 Å². The third kappa shape index (κ3) is 5.00. The minimum Gasteiger partial charge on any atom is -0.477 e. The molecule has 0 bridgehead atoms. The summed E-state index contributed by atoms with van der Waals surface area (Å²) in [7, 11) is 1.71. The predicted molar refractivity (Wildman–Crippen MR) is 132 cm³/mol. The lowest BCUT2D eigenvalue weighted by atomic mass is 9.73. The van der Waals surface area contributed by atoms with E-state index in [0.29, 0.717) is 31.0 Å². The molecule has 6 atom stereocenters. The zero-order valence-corrected chi connectivity index (χ0v) is 21.5. The van der Waals surface area contributed by atoms with Crippen LogP contribution in [0.3, 0.4) is 0 Å². The van der Waals surface area contributed by atoms with E-state index in [-0.39, 0.29) is 77.4 Å². The van der Waals surface area contributed by atoms with Crippen molar-refractivity contribution in [1.29, 1.82) is 0 Å². The molecule has 0 spiro atoms. The van der Waals surface area contributed by atoms with Gasteiger partial charge in [0.25, 0.3) is 0 Å². The highest BCUT2D eigenvalue weighted by atomic mass is 32.2. The lowest BCUT2D eigenvalue weighted by Crippen LogP contribution is -2.62. The van der Waals surface area contributed by atoms with Crippen molar-refractivity contribution in [3.63, 3.8) is 0 Å². The van der Waals surface area contributed by atoms with Crippen LogP contribution in [0, 0.1) is 17.8 Å². The van der Waals surface area contributed by atoms with Crippen molar-refractivity contribution in [2.45, 2.75) is 62.9 Å². The number of carbonyl (C=O) groups excluding carboxylic acids is 3. The Balaban J connectivity index is 1.42. The maximum Gasteiger partial charge on any atom is 0.353 e. The molecular formula is C24H37N5O5S. The molecule has 4 aliphatic rings. The van der Waals surface area contributed by atoms with Gasteiger partial charge in [0.1, 0.15) is 11.5 Å². The van der Waals surface area contributed by atoms with Crippen molar-refractivity contribution in [2.24, 2.45) is 23.5 Å². The molecule has 10 nitrogen and oxygen atoms in total. The minimum atomic E-state index is -1.10. The Morgan fingerprint density at radius 3 is 2.60 bits per heavy atom. The number of aliphatic carboxylic acids is 1. The van der Waals surface area contributed by atoms with E-state index in [9.17, 15) is 24.3 Å². The fourth-order valence-electron chi connectivity index (χ4n) is 6.02. The second kappa shape index (κ2) is 10.6. The Morgan fingerprint density at radius 1 is 1.29 bits per heavy atom. The van der Waals surface area contributed by atoms with E-state index >= 15 is 0 Å². The van der Waals surface area contributed by atoms with Gasteiger partial charge in [0.2, 0.25) is 11.8 Å². The summed E-state index contributed by atoms with van der Waals surface area (Å²) < 4.78 is 0. The standard InChI is InChI=1S/C24H37N5O5S/c1-12(8-15(30)10-26-3)18-19-13(2)21(20(24(33)34)29(19)23(18)32)35-16-9-17(27-11-16)22(31)28-6-4-14(25)5-7-28/h12-14,16-19,26-27H,4-11,25H2,1-3H3,(H,33,34)/t12-,13+,16-,17-,18+,19-/m0/s1. The first-order chi connectivity index (χ1) is 16.6. The number of carbonyl (C=O) groups is 4. The number of nitrogens with one attached hydrogen (secondary N) is 2. The topological polar surface area (TPSA) is 145 Å². The van der Waals surface area contributed by atoms with Crippen molar-refractivity contribution < 1.29 is 24.3 Å². The molecule has 0 saturated carbocycles. The van der Waals surface area contributed by atoms with Crippen molar-refractivity contribution in [3.8, 4) is 0 Å². The first-order valence-electron chi connectivity index (χ1n) is 12.5. The van der Waals surface area contributed by atoms with Crippen LogP contribution in [-0.2, 0) is 19.2 Å². The molecular weight excluding hydrogens is 470 g/mol. The van der Waals surface area contributed by atoms with E-state index < -0.39 is 5.97 Å². The number of carboxylic acids is 1. The summed E-state index contributed by atoms with van der Waals surface area (Å²) in [6.07, 6.45) is 2.53. The molecule has 0 aromatic heterocycles. The van der Waals surface area contributed by atoms with Gasteiger partial charge in [-0.2, -0.15) is 0 Å². The van der Waals surface area contributed by atoms with Crippen molar-refractivity contribution in [2.75, 3.05) is 33.2 Å². The van der Waals surface area contributed by atoms with E-state index in [4.69, 9.17) is 5.73 Å². The van der Waals surface area contributed by atoms with Gasteiger partial charge >= 0.3 is 5.97 Å². The van der Waals surface area contributed by atoms with Crippen LogP contribution in [-0.4, -0.2) is 95.1 Å². The zero-order chi connectivity index (χ0) is 25.4. The van der Waals surface area contributed by atoms with E-state index in [2.05, 4.69) is 10.6 Å². The highest BCUT2D eigenvalue weighted by Crippen LogP contribution is 2.53. The third-order valence-corrected chi connectivity index (χ3v) is 9.37. The summed E-state index contributed by atoms with van der Waals surface area (Å²) in [6.45, 7) is 6.09. The Morgan fingerprint density at radius 2 is 1.97 bits per heavy atom. The van der Waals surface area contributed by atoms with E-state index in [1.807, 2.05) is 18.7 Å². The number of hydrogen-bond donors (Lipinski definition) is 4. The van der Waals surface area contributed by atoms with Gasteiger partial charge in [-0.3, -0.25) is 14.4 Å².